The molecular weight excluding hydrogens is 410 g/mol. The van der Waals surface area contributed by atoms with Crippen LogP contribution >= 0.6 is 0 Å². The number of aromatic nitrogens is 3. The quantitative estimate of drug-likeness (QED) is 0.453. The van der Waals surface area contributed by atoms with Crippen molar-refractivity contribution in [1.82, 2.24) is 15.0 Å². The highest BCUT2D eigenvalue weighted by Crippen LogP contribution is 2.23. The molecule has 0 atom stereocenters. The third-order valence-electron chi connectivity index (χ3n) is 4.76. The molecule has 0 bridgehead atoms. The van der Waals surface area contributed by atoms with Crippen LogP contribution in [-0.4, -0.2) is 47.5 Å². The number of methoxy groups -OCH3 is 1. The molecule has 0 saturated heterocycles. The molecule has 0 fully saturated rings. The van der Waals surface area contributed by atoms with Crippen molar-refractivity contribution in [1.29, 1.82) is 0 Å². The van der Waals surface area contributed by atoms with Crippen LogP contribution in [0.1, 0.15) is 23.3 Å². The van der Waals surface area contributed by atoms with Gasteiger partial charge in [0.25, 0.3) is 0 Å². The number of pyridine rings is 1. The van der Waals surface area contributed by atoms with E-state index in [4.69, 9.17) is 11.5 Å². The van der Waals surface area contributed by atoms with Gasteiger partial charge in [0.2, 0.25) is 5.91 Å². The molecule has 0 aliphatic heterocycles. The van der Waals surface area contributed by atoms with Gasteiger partial charge >= 0.3 is 5.97 Å². The molecule has 0 aliphatic carbocycles. The molecule has 1 amide bonds. The second kappa shape index (κ2) is 10.2. The van der Waals surface area contributed by atoms with Crippen LogP contribution in [0.4, 0.5) is 22.9 Å². The maximum Gasteiger partial charge on any atom is 0.360 e. The largest absolute Gasteiger partial charge is 0.464 e. The molecule has 10 nitrogen and oxygen atoms in total. The Balaban J connectivity index is 1.61. The topological polar surface area (TPSA) is 149 Å². The molecule has 2 aromatic heterocycles. The molecular formula is C22H25N7O3. The smallest absolute Gasteiger partial charge is 0.360 e. The zero-order valence-electron chi connectivity index (χ0n) is 17.9. The average Bonchev–Trinajstić information content (AvgIpc) is 2.79. The number of rotatable bonds is 8. The van der Waals surface area contributed by atoms with Gasteiger partial charge in [0, 0.05) is 37.5 Å². The van der Waals surface area contributed by atoms with E-state index in [1.54, 1.807) is 36.7 Å². The van der Waals surface area contributed by atoms with Gasteiger partial charge in [-0.25, -0.2) is 14.8 Å². The number of benzene rings is 1. The second-order valence-electron chi connectivity index (χ2n) is 7.07. The van der Waals surface area contributed by atoms with Crippen molar-refractivity contribution in [2.45, 2.75) is 12.8 Å². The molecule has 0 spiro atoms. The fourth-order valence-corrected chi connectivity index (χ4v) is 3.11. The number of hydrogen-bond donors (Lipinski definition) is 3. The van der Waals surface area contributed by atoms with Gasteiger partial charge in [-0.05, 0) is 24.6 Å². The molecule has 0 radical (unpaired) electrons. The van der Waals surface area contributed by atoms with Crippen LogP contribution in [0.3, 0.4) is 0 Å². The third kappa shape index (κ3) is 5.48. The number of ether oxygens (including phenoxy) is 1. The first-order valence-electron chi connectivity index (χ1n) is 9.90. The second-order valence-corrected chi connectivity index (χ2v) is 7.07. The van der Waals surface area contributed by atoms with Crippen LogP contribution in [0.5, 0.6) is 0 Å². The van der Waals surface area contributed by atoms with E-state index in [1.807, 2.05) is 18.0 Å². The van der Waals surface area contributed by atoms with Crippen molar-refractivity contribution < 1.29 is 14.3 Å². The number of nitrogens with one attached hydrogen (secondary N) is 1. The van der Waals surface area contributed by atoms with Gasteiger partial charge in [-0.15, -0.1) is 0 Å². The fraction of sp³-hybridized carbons (Fsp3) is 0.227. The minimum atomic E-state index is -0.667. The summed E-state index contributed by atoms with van der Waals surface area (Å²) in [5, 5.41) is 2.88. The van der Waals surface area contributed by atoms with Crippen LogP contribution in [-0.2, 0) is 9.53 Å². The molecule has 3 rings (SSSR count). The number of nitrogens with two attached hydrogens (primary N) is 2. The van der Waals surface area contributed by atoms with Crippen molar-refractivity contribution in [3.8, 4) is 11.3 Å². The number of nitrogens with zero attached hydrogens (tertiary/aromatic N) is 4. The summed E-state index contributed by atoms with van der Waals surface area (Å²) in [6.07, 6.45) is 5.74. The van der Waals surface area contributed by atoms with Gasteiger partial charge in [0.05, 0.1) is 36.6 Å². The standard InChI is InChI=1S/C22H25N7O3/c1-29(18-8-9-25-12-16(18)23)10-4-7-19(30)27-15-6-3-5-14(11-15)17-13-26-21(24)20(28-17)22(31)32-2/h3,5-6,8-9,11-13H,4,7,10,23H2,1-2H3,(H2,24,26)(H,27,30). The summed E-state index contributed by atoms with van der Waals surface area (Å²) in [5.74, 6) is -0.791. The number of hydrogen-bond acceptors (Lipinski definition) is 9. The molecule has 0 aliphatic rings. The summed E-state index contributed by atoms with van der Waals surface area (Å²) < 4.78 is 4.68. The number of carbonyl (C=O) groups is 2. The highest BCUT2D eigenvalue weighted by molar-refractivity contribution is 5.93. The van der Waals surface area contributed by atoms with Gasteiger partial charge in [0.15, 0.2) is 11.5 Å². The van der Waals surface area contributed by atoms with Crippen LogP contribution in [0.2, 0.25) is 0 Å². The number of carbonyl (C=O) groups excluding carboxylic acids is 2. The van der Waals surface area contributed by atoms with Gasteiger partial charge in [-0.1, -0.05) is 12.1 Å². The minimum Gasteiger partial charge on any atom is -0.464 e. The van der Waals surface area contributed by atoms with Crippen LogP contribution < -0.4 is 21.7 Å². The Morgan fingerprint density at radius 2 is 2.00 bits per heavy atom. The van der Waals surface area contributed by atoms with Crippen molar-refractivity contribution in [3.63, 3.8) is 0 Å². The SMILES string of the molecule is COC(=O)c1nc(-c2cccc(NC(=O)CCCN(C)c3ccncc3N)c2)cnc1N. The Hall–Kier alpha value is -4.21. The summed E-state index contributed by atoms with van der Waals surface area (Å²) in [6, 6.07) is 8.94. The first kappa shape index (κ1) is 22.5. The zero-order valence-corrected chi connectivity index (χ0v) is 17.9. The average molecular weight is 435 g/mol. The summed E-state index contributed by atoms with van der Waals surface area (Å²) in [4.78, 5) is 38.4. The molecule has 166 valence electrons. The summed E-state index contributed by atoms with van der Waals surface area (Å²) in [7, 11) is 3.17. The van der Waals surface area contributed by atoms with E-state index >= 15 is 0 Å². The number of amides is 1. The Bertz CT molecular complexity index is 1120. The predicted octanol–water partition coefficient (Wildman–Crippen LogP) is 2.34. The molecule has 5 N–H and O–H groups in total. The lowest BCUT2D eigenvalue weighted by Gasteiger charge is -2.20. The van der Waals surface area contributed by atoms with Crippen LogP contribution in [0.15, 0.2) is 48.9 Å². The van der Waals surface area contributed by atoms with Gasteiger partial charge in [0.1, 0.15) is 0 Å². The van der Waals surface area contributed by atoms with E-state index in [1.165, 1.54) is 13.3 Å². The van der Waals surface area contributed by atoms with Crippen LogP contribution in [0, 0.1) is 0 Å². The highest BCUT2D eigenvalue weighted by atomic mass is 16.5. The highest BCUT2D eigenvalue weighted by Gasteiger charge is 2.15. The maximum absolute atomic E-state index is 12.4. The lowest BCUT2D eigenvalue weighted by Crippen LogP contribution is -2.21. The van der Waals surface area contributed by atoms with Gasteiger partial charge < -0.3 is 26.4 Å². The first-order valence-corrected chi connectivity index (χ1v) is 9.90. The summed E-state index contributed by atoms with van der Waals surface area (Å²) >= 11 is 0. The van der Waals surface area contributed by atoms with Crippen molar-refractivity contribution in [2.75, 3.05) is 42.4 Å². The summed E-state index contributed by atoms with van der Waals surface area (Å²) in [5.41, 5.74) is 14.8. The lowest BCUT2D eigenvalue weighted by molar-refractivity contribution is -0.116. The van der Waals surface area contributed by atoms with Gasteiger partial charge in [-0.3, -0.25) is 9.78 Å². The summed E-state index contributed by atoms with van der Waals surface area (Å²) in [6.45, 7) is 0.666. The number of esters is 1. The molecule has 0 saturated carbocycles. The predicted molar refractivity (Wildman–Crippen MR) is 123 cm³/mol. The van der Waals surface area contributed by atoms with Crippen molar-refractivity contribution in [2.24, 2.45) is 0 Å². The number of anilines is 4. The third-order valence-corrected chi connectivity index (χ3v) is 4.76. The maximum atomic E-state index is 12.4. The van der Waals surface area contributed by atoms with E-state index in [0.29, 0.717) is 42.0 Å². The number of nitrogen functional groups attached to an aromatic ring is 2. The fourth-order valence-electron chi connectivity index (χ4n) is 3.11. The van der Waals surface area contributed by atoms with E-state index in [2.05, 4.69) is 25.0 Å². The molecule has 1 aromatic carbocycles. The van der Waals surface area contributed by atoms with E-state index in [0.717, 1.165) is 5.69 Å². The zero-order chi connectivity index (χ0) is 23.1. The monoisotopic (exact) mass is 435 g/mol. The molecule has 32 heavy (non-hydrogen) atoms. The molecule has 0 unspecified atom stereocenters. The minimum absolute atomic E-state index is 0.0106. The van der Waals surface area contributed by atoms with Crippen molar-refractivity contribution >= 4 is 34.8 Å². The molecule has 3 aromatic rings. The van der Waals surface area contributed by atoms with Gasteiger partial charge in [-0.2, -0.15) is 0 Å². The first-order chi connectivity index (χ1) is 15.4. The van der Waals surface area contributed by atoms with E-state index < -0.39 is 5.97 Å². The lowest BCUT2D eigenvalue weighted by atomic mass is 10.1. The Labute approximate surface area is 185 Å². The van der Waals surface area contributed by atoms with Crippen LogP contribution in [0.25, 0.3) is 11.3 Å². The Morgan fingerprint density at radius 1 is 1.19 bits per heavy atom. The normalized spacial score (nSPS) is 10.4. The van der Waals surface area contributed by atoms with E-state index in [-0.39, 0.29) is 17.4 Å². The van der Waals surface area contributed by atoms with Crippen molar-refractivity contribution in [3.05, 3.63) is 54.6 Å². The molecule has 2 heterocycles. The Kier molecular flexibility index (Phi) is 7.17. The Morgan fingerprint density at radius 3 is 2.75 bits per heavy atom. The molecule has 10 heteroatoms. The van der Waals surface area contributed by atoms with E-state index in [9.17, 15) is 9.59 Å².